The second-order valence-electron chi connectivity index (χ2n) is 4.31. The molecule has 0 saturated heterocycles. The maximum Gasteiger partial charge on any atom is 0.101 e. The van der Waals surface area contributed by atoms with Gasteiger partial charge in [-0.2, -0.15) is 5.26 Å². The Balaban J connectivity index is 3.01. The van der Waals surface area contributed by atoms with Gasteiger partial charge in [-0.3, -0.25) is 0 Å². The first kappa shape index (κ1) is 13.8. The third kappa shape index (κ3) is 3.62. The molecule has 1 rings (SSSR count). The van der Waals surface area contributed by atoms with E-state index in [2.05, 4.69) is 11.4 Å². The van der Waals surface area contributed by atoms with E-state index >= 15 is 0 Å². The normalized spacial score (nSPS) is 13.8. The number of hydrogen-bond acceptors (Lipinski definition) is 3. The lowest BCUT2D eigenvalue weighted by molar-refractivity contribution is 0.252. The van der Waals surface area contributed by atoms with Crippen molar-refractivity contribution in [3.63, 3.8) is 0 Å². The SMILES string of the molecule is CCC(C)(CCO)Nc1cc(Cl)ccc1C#N. The molecule has 92 valence electrons. The zero-order valence-electron chi connectivity index (χ0n) is 10.1. The number of nitrogens with one attached hydrogen (secondary N) is 1. The molecule has 0 fully saturated rings. The third-order valence-corrected chi connectivity index (χ3v) is 3.22. The van der Waals surface area contributed by atoms with Gasteiger partial charge in [0.25, 0.3) is 0 Å². The summed E-state index contributed by atoms with van der Waals surface area (Å²) in [5.74, 6) is 0. The first-order chi connectivity index (χ1) is 8.04. The van der Waals surface area contributed by atoms with Crippen LogP contribution in [0, 0.1) is 11.3 Å². The summed E-state index contributed by atoms with van der Waals surface area (Å²) in [5, 5.41) is 22.0. The van der Waals surface area contributed by atoms with Crippen LogP contribution in [0.15, 0.2) is 18.2 Å². The lowest BCUT2D eigenvalue weighted by Gasteiger charge is -2.30. The van der Waals surface area contributed by atoms with Gasteiger partial charge in [-0.15, -0.1) is 0 Å². The third-order valence-electron chi connectivity index (χ3n) is 2.98. The van der Waals surface area contributed by atoms with Gasteiger partial charge < -0.3 is 10.4 Å². The Morgan fingerprint density at radius 3 is 2.76 bits per heavy atom. The van der Waals surface area contributed by atoms with E-state index in [1.165, 1.54) is 0 Å². The molecule has 3 nitrogen and oxygen atoms in total. The molecule has 0 saturated carbocycles. The Morgan fingerprint density at radius 2 is 2.24 bits per heavy atom. The zero-order chi connectivity index (χ0) is 12.9. The Labute approximate surface area is 107 Å². The van der Waals surface area contributed by atoms with E-state index in [1.54, 1.807) is 18.2 Å². The highest BCUT2D eigenvalue weighted by Crippen LogP contribution is 2.26. The summed E-state index contributed by atoms with van der Waals surface area (Å²) in [4.78, 5) is 0. The molecule has 0 aromatic heterocycles. The van der Waals surface area contributed by atoms with Gasteiger partial charge in [0, 0.05) is 17.2 Å². The summed E-state index contributed by atoms with van der Waals surface area (Å²) in [5.41, 5.74) is 1.05. The van der Waals surface area contributed by atoms with Crippen molar-refractivity contribution in [1.29, 1.82) is 5.26 Å². The van der Waals surface area contributed by atoms with Crippen molar-refractivity contribution in [2.24, 2.45) is 0 Å². The van der Waals surface area contributed by atoms with Crippen LogP contribution < -0.4 is 5.32 Å². The Kier molecular flexibility index (Phi) is 4.80. The number of benzene rings is 1. The van der Waals surface area contributed by atoms with Gasteiger partial charge in [-0.25, -0.2) is 0 Å². The van der Waals surface area contributed by atoms with Crippen LogP contribution in [0.25, 0.3) is 0 Å². The van der Waals surface area contributed by atoms with Crippen molar-refractivity contribution in [3.05, 3.63) is 28.8 Å². The zero-order valence-corrected chi connectivity index (χ0v) is 10.9. The van der Waals surface area contributed by atoms with Gasteiger partial charge in [0.05, 0.1) is 11.3 Å². The van der Waals surface area contributed by atoms with Gasteiger partial charge in [0.1, 0.15) is 6.07 Å². The smallest absolute Gasteiger partial charge is 0.101 e. The Morgan fingerprint density at radius 1 is 1.53 bits per heavy atom. The molecule has 4 heteroatoms. The van der Waals surface area contributed by atoms with E-state index < -0.39 is 0 Å². The maximum atomic E-state index is 9.06. The average molecular weight is 253 g/mol. The van der Waals surface area contributed by atoms with Crippen LogP contribution in [0.3, 0.4) is 0 Å². The largest absolute Gasteiger partial charge is 0.396 e. The van der Waals surface area contributed by atoms with E-state index in [0.717, 1.165) is 12.1 Å². The van der Waals surface area contributed by atoms with E-state index in [0.29, 0.717) is 17.0 Å². The van der Waals surface area contributed by atoms with Crippen LogP contribution in [0.2, 0.25) is 5.02 Å². The molecule has 0 radical (unpaired) electrons. The Bertz CT molecular complexity index is 428. The van der Waals surface area contributed by atoms with Crippen LogP contribution in [0.5, 0.6) is 0 Å². The minimum atomic E-state index is -0.231. The van der Waals surface area contributed by atoms with E-state index in [-0.39, 0.29) is 12.1 Å². The van der Waals surface area contributed by atoms with Crippen molar-refractivity contribution in [3.8, 4) is 6.07 Å². The molecular weight excluding hydrogens is 236 g/mol. The molecule has 0 bridgehead atoms. The fourth-order valence-electron chi connectivity index (χ4n) is 1.62. The topological polar surface area (TPSA) is 56.0 Å². The highest BCUT2D eigenvalue weighted by atomic mass is 35.5. The fourth-order valence-corrected chi connectivity index (χ4v) is 1.79. The van der Waals surface area contributed by atoms with Crippen molar-refractivity contribution in [1.82, 2.24) is 0 Å². The predicted molar refractivity (Wildman–Crippen MR) is 70.2 cm³/mol. The quantitative estimate of drug-likeness (QED) is 0.846. The van der Waals surface area contributed by atoms with Crippen molar-refractivity contribution < 1.29 is 5.11 Å². The molecule has 1 aromatic rings. The molecule has 1 unspecified atom stereocenters. The second kappa shape index (κ2) is 5.90. The number of rotatable bonds is 5. The van der Waals surface area contributed by atoms with Gasteiger partial charge in [-0.05, 0) is 38.0 Å². The first-order valence-corrected chi connectivity index (χ1v) is 6.01. The lowest BCUT2D eigenvalue weighted by Crippen LogP contribution is -2.35. The summed E-state index contributed by atoms with van der Waals surface area (Å²) in [7, 11) is 0. The van der Waals surface area contributed by atoms with Crippen LogP contribution >= 0.6 is 11.6 Å². The number of hydrogen-bond donors (Lipinski definition) is 2. The van der Waals surface area contributed by atoms with E-state index in [1.807, 2.05) is 13.8 Å². The number of halogens is 1. The molecule has 0 heterocycles. The number of aliphatic hydroxyl groups excluding tert-OH is 1. The molecule has 0 spiro atoms. The van der Waals surface area contributed by atoms with Crippen molar-refractivity contribution >= 4 is 17.3 Å². The molecule has 0 aliphatic carbocycles. The van der Waals surface area contributed by atoms with Crippen LogP contribution in [0.4, 0.5) is 5.69 Å². The van der Waals surface area contributed by atoms with Gasteiger partial charge in [-0.1, -0.05) is 18.5 Å². The summed E-state index contributed by atoms with van der Waals surface area (Å²) >= 11 is 5.92. The molecule has 0 aliphatic heterocycles. The summed E-state index contributed by atoms with van der Waals surface area (Å²) in [6.07, 6.45) is 1.48. The van der Waals surface area contributed by atoms with Crippen molar-refractivity contribution in [2.45, 2.75) is 32.2 Å². The molecule has 0 aliphatic rings. The highest BCUT2D eigenvalue weighted by molar-refractivity contribution is 6.30. The first-order valence-electron chi connectivity index (χ1n) is 5.63. The summed E-state index contributed by atoms with van der Waals surface area (Å²) in [6, 6.07) is 7.26. The number of anilines is 1. The highest BCUT2D eigenvalue weighted by Gasteiger charge is 2.22. The molecule has 1 atom stereocenters. The second-order valence-corrected chi connectivity index (χ2v) is 4.75. The van der Waals surface area contributed by atoms with Gasteiger partial charge >= 0.3 is 0 Å². The number of nitriles is 1. The predicted octanol–water partition coefficient (Wildman–Crippen LogP) is 3.17. The molecule has 0 amide bonds. The average Bonchev–Trinajstić information content (AvgIpc) is 2.29. The molecule has 2 N–H and O–H groups in total. The van der Waals surface area contributed by atoms with E-state index in [4.69, 9.17) is 22.0 Å². The van der Waals surface area contributed by atoms with Crippen LogP contribution in [0.1, 0.15) is 32.3 Å². The van der Waals surface area contributed by atoms with Gasteiger partial charge in [0.2, 0.25) is 0 Å². The summed E-state index contributed by atoms with van der Waals surface area (Å²) < 4.78 is 0. The van der Waals surface area contributed by atoms with Crippen LogP contribution in [-0.2, 0) is 0 Å². The van der Waals surface area contributed by atoms with E-state index in [9.17, 15) is 0 Å². The Hall–Kier alpha value is -1.24. The standard InChI is InChI=1S/C13H17ClN2O/c1-3-13(2,6-7-17)16-12-8-11(14)5-4-10(12)9-15/h4-5,8,16-17H,3,6-7H2,1-2H3. The van der Waals surface area contributed by atoms with Gasteiger partial charge in [0.15, 0.2) is 0 Å². The monoisotopic (exact) mass is 252 g/mol. The maximum absolute atomic E-state index is 9.06. The minimum absolute atomic E-state index is 0.111. The minimum Gasteiger partial charge on any atom is -0.396 e. The lowest BCUT2D eigenvalue weighted by atomic mass is 9.94. The van der Waals surface area contributed by atoms with Crippen LogP contribution in [-0.4, -0.2) is 17.3 Å². The number of aliphatic hydroxyl groups is 1. The van der Waals surface area contributed by atoms with Crippen molar-refractivity contribution in [2.75, 3.05) is 11.9 Å². The summed E-state index contributed by atoms with van der Waals surface area (Å²) in [6.45, 7) is 4.17. The molecule has 17 heavy (non-hydrogen) atoms. The molecule has 1 aromatic carbocycles. The number of nitrogens with zero attached hydrogens (tertiary/aromatic N) is 1. The fraction of sp³-hybridized carbons (Fsp3) is 0.462. The molecular formula is C13H17ClN2O.